The maximum absolute atomic E-state index is 13.3. The summed E-state index contributed by atoms with van der Waals surface area (Å²) < 4.78 is 68.5. The first kappa shape index (κ1) is 27.5. The summed E-state index contributed by atoms with van der Waals surface area (Å²) in [6.45, 7) is 3.98. The molecule has 1 N–H and O–H groups in total. The van der Waals surface area contributed by atoms with Gasteiger partial charge in [-0.05, 0) is 80.4 Å². The van der Waals surface area contributed by atoms with Gasteiger partial charge in [0.25, 0.3) is 10.0 Å². The lowest BCUT2D eigenvalue weighted by Gasteiger charge is -2.37. The van der Waals surface area contributed by atoms with Crippen LogP contribution in [0.5, 0.6) is 0 Å². The summed E-state index contributed by atoms with van der Waals surface area (Å²) in [6, 6.07) is 12.4. The van der Waals surface area contributed by atoms with Crippen LogP contribution < -0.4 is 0 Å². The lowest BCUT2D eigenvalue weighted by atomic mass is 9.88. The second kappa shape index (κ2) is 10.6. The van der Waals surface area contributed by atoms with E-state index in [9.17, 15) is 21.6 Å². The van der Waals surface area contributed by atoms with Crippen LogP contribution in [0, 0.1) is 5.92 Å². The molecule has 12 heteroatoms. The largest absolute Gasteiger partial charge is 0.433 e. The van der Waals surface area contributed by atoms with Crippen molar-refractivity contribution in [3.8, 4) is 10.6 Å². The highest BCUT2D eigenvalue weighted by atomic mass is 32.2. The fourth-order valence-electron chi connectivity index (χ4n) is 6.13. The number of thiophene rings is 1. The number of aromatic amines is 1. The number of para-hydroxylation sites is 1. The van der Waals surface area contributed by atoms with Crippen molar-refractivity contribution in [2.45, 2.75) is 42.0 Å². The van der Waals surface area contributed by atoms with E-state index < -0.39 is 21.9 Å². The van der Waals surface area contributed by atoms with Gasteiger partial charge in [-0.25, -0.2) is 8.42 Å². The fraction of sp³-hybridized carbons (Fsp3) is 0.464. The number of benzene rings is 1. The first-order chi connectivity index (χ1) is 19.1. The second-order valence-electron chi connectivity index (χ2n) is 10.9. The van der Waals surface area contributed by atoms with Crippen LogP contribution in [0.2, 0.25) is 0 Å². The van der Waals surface area contributed by atoms with E-state index in [1.807, 2.05) is 0 Å². The minimum atomic E-state index is -4.52. The molecule has 2 fully saturated rings. The molecule has 2 saturated heterocycles. The van der Waals surface area contributed by atoms with E-state index in [4.69, 9.17) is 0 Å². The SMILES string of the molecule is Cn1nc(-c2ccc(S(=O)(=O)N3CCC(CN4CCC(c5c[nH]c6ccccc56)CC4)CC3)s2)cc1C(F)(F)F. The number of alkyl halides is 3. The number of likely N-dealkylation sites (tertiary alicyclic amines) is 1. The highest BCUT2D eigenvalue weighted by Crippen LogP contribution is 2.37. The Kier molecular flexibility index (Phi) is 7.30. The van der Waals surface area contributed by atoms with Gasteiger partial charge < -0.3 is 9.88 Å². The number of halogens is 3. The Morgan fingerprint density at radius 3 is 2.45 bits per heavy atom. The van der Waals surface area contributed by atoms with Crippen LogP contribution in [-0.4, -0.2) is 65.1 Å². The van der Waals surface area contributed by atoms with Crippen LogP contribution in [0.1, 0.15) is 42.9 Å². The van der Waals surface area contributed by atoms with Crippen LogP contribution in [0.15, 0.2) is 52.9 Å². The minimum Gasteiger partial charge on any atom is -0.361 e. The smallest absolute Gasteiger partial charge is 0.361 e. The highest BCUT2D eigenvalue weighted by Gasteiger charge is 2.36. The zero-order valence-electron chi connectivity index (χ0n) is 22.2. The summed E-state index contributed by atoms with van der Waals surface area (Å²) in [7, 11) is -2.48. The molecule has 0 spiro atoms. The Labute approximate surface area is 235 Å². The molecular weight excluding hydrogens is 559 g/mol. The number of sulfonamides is 1. The molecule has 0 aliphatic carbocycles. The van der Waals surface area contributed by atoms with Crippen molar-refractivity contribution in [1.29, 1.82) is 0 Å². The molecule has 0 bridgehead atoms. The van der Waals surface area contributed by atoms with E-state index in [2.05, 4.69) is 45.4 Å². The number of hydrogen-bond acceptors (Lipinski definition) is 5. The molecule has 214 valence electrons. The topological polar surface area (TPSA) is 74.2 Å². The normalized spacial score (nSPS) is 19.1. The number of nitrogens with one attached hydrogen (secondary N) is 1. The van der Waals surface area contributed by atoms with E-state index in [0.717, 1.165) is 67.4 Å². The summed E-state index contributed by atoms with van der Waals surface area (Å²) in [5.41, 5.74) is 1.85. The van der Waals surface area contributed by atoms with Crippen LogP contribution in [0.25, 0.3) is 21.5 Å². The van der Waals surface area contributed by atoms with Crippen LogP contribution in [-0.2, 0) is 23.2 Å². The number of aryl methyl sites for hydroxylation is 1. The fourth-order valence-corrected chi connectivity index (χ4v) is 9.02. The zero-order chi connectivity index (χ0) is 28.1. The Morgan fingerprint density at radius 2 is 1.75 bits per heavy atom. The number of rotatable bonds is 6. The van der Waals surface area contributed by atoms with E-state index in [1.165, 1.54) is 40.0 Å². The summed E-state index contributed by atoms with van der Waals surface area (Å²) in [5.74, 6) is 1.01. The molecule has 0 unspecified atom stereocenters. The van der Waals surface area contributed by atoms with Crippen molar-refractivity contribution in [3.63, 3.8) is 0 Å². The van der Waals surface area contributed by atoms with Gasteiger partial charge in [-0.15, -0.1) is 11.3 Å². The quantitative estimate of drug-likeness (QED) is 0.302. The van der Waals surface area contributed by atoms with Crippen LogP contribution in [0.3, 0.4) is 0 Å². The third-order valence-electron chi connectivity index (χ3n) is 8.34. The van der Waals surface area contributed by atoms with Gasteiger partial charge in [0.05, 0.1) is 4.88 Å². The lowest BCUT2D eigenvalue weighted by molar-refractivity contribution is -0.143. The molecule has 2 aliphatic heterocycles. The van der Waals surface area contributed by atoms with Crippen molar-refractivity contribution in [2.75, 3.05) is 32.7 Å². The van der Waals surface area contributed by atoms with Crippen LogP contribution >= 0.6 is 11.3 Å². The maximum atomic E-state index is 13.3. The Morgan fingerprint density at radius 1 is 1.02 bits per heavy atom. The number of fused-ring (bicyclic) bond motifs is 1. The van der Waals surface area contributed by atoms with Crippen molar-refractivity contribution in [2.24, 2.45) is 13.0 Å². The molecule has 7 nitrogen and oxygen atoms in total. The average molecular weight is 592 g/mol. The van der Waals surface area contributed by atoms with Gasteiger partial charge in [-0.2, -0.15) is 22.6 Å². The van der Waals surface area contributed by atoms with Crippen molar-refractivity contribution >= 4 is 32.3 Å². The molecule has 0 amide bonds. The molecule has 1 aromatic carbocycles. The second-order valence-corrected chi connectivity index (χ2v) is 14.1. The third kappa shape index (κ3) is 5.34. The molecule has 0 atom stereocenters. The number of nitrogens with zero attached hydrogens (tertiary/aromatic N) is 4. The minimum absolute atomic E-state index is 0.119. The van der Waals surface area contributed by atoms with E-state index in [1.54, 1.807) is 0 Å². The van der Waals surface area contributed by atoms with Gasteiger partial charge in [-0.1, -0.05) is 18.2 Å². The van der Waals surface area contributed by atoms with Gasteiger partial charge in [0.2, 0.25) is 0 Å². The molecular formula is C28H32F3N5O2S2. The van der Waals surface area contributed by atoms with Crippen LogP contribution in [0.4, 0.5) is 13.2 Å². The van der Waals surface area contributed by atoms with Crippen molar-refractivity contribution in [3.05, 3.63) is 59.9 Å². The Bertz CT molecular complexity index is 1590. The number of H-pyrrole nitrogens is 1. The molecule has 2 aliphatic rings. The standard InChI is InChI=1S/C28H32F3N5O2S2/c1-34-26(28(29,30)31)16-24(33-34)25-6-7-27(39-25)40(37,38)36-14-8-19(9-15-36)18-35-12-10-20(11-13-35)22-17-32-23-5-3-2-4-21(22)23/h2-7,16-17,19-20,32H,8-15,18H2,1H3. The monoisotopic (exact) mass is 591 g/mol. The highest BCUT2D eigenvalue weighted by molar-refractivity contribution is 7.91. The lowest BCUT2D eigenvalue weighted by Crippen LogP contribution is -2.43. The maximum Gasteiger partial charge on any atom is 0.433 e. The zero-order valence-corrected chi connectivity index (χ0v) is 23.8. The van der Waals surface area contributed by atoms with Crippen molar-refractivity contribution in [1.82, 2.24) is 24.0 Å². The summed E-state index contributed by atoms with van der Waals surface area (Å²) in [5, 5.41) is 5.26. The van der Waals surface area contributed by atoms with Crippen molar-refractivity contribution < 1.29 is 21.6 Å². The predicted octanol–water partition coefficient (Wildman–Crippen LogP) is 5.93. The molecule has 40 heavy (non-hydrogen) atoms. The molecule has 3 aromatic heterocycles. The molecule has 4 aromatic rings. The number of aromatic nitrogens is 3. The van der Waals surface area contributed by atoms with Gasteiger partial charge in [0, 0.05) is 43.8 Å². The summed E-state index contributed by atoms with van der Waals surface area (Å²) in [6.07, 6.45) is 1.48. The summed E-state index contributed by atoms with van der Waals surface area (Å²) >= 11 is 0.965. The molecule has 0 radical (unpaired) electrons. The predicted molar refractivity (Wildman–Crippen MR) is 150 cm³/mol. The number of piperidine rings is 2. The van der Waals surface area contributed by atoms with E-state index >= 15 is 0 Å². The third-order valence-corrected chi connectivity index (χ3v) is 11.8. The van der Waals surface area contributed by atoms with Gasteiger partial charge in [0.1, 0.15) is 15.6 Å². The van der Waals surface area contributed by atoms with Gasteiger partial charge >= 0.3 is 6.18 Å². The first-order valence-electron chi connectivity index (χ1n) is 13.6. The van der Waals surface area contributed by atoms with E-state index in [-0.39, 0.29) is 9.90 Å². The Balaban J connectivity index is 1.02. The molecule has 6 rings (SSSR count). The number of hydrogen-bond donors (Lipinski definition) is 1. The van der Waals surface area contributed by atoms with E-state index in [0.29, 0.717) is 29.8 Å². The Hall–Kier alpha value is -2.67. The van der Waals surface area contributed by atoms with Gasteiger partial charge in [-0.3, -0.25) is 4.68 Å². The average Bonchev–Trinajstić information content (AvgIpc) is 3.68. The molecule has 0 saturated carbocycles. The molecule has 5 heterocycles. The summed E-state index contributed by atoms with van der Waals surface area (Å²) in [4.78, 5) is 6.32. The van der Waals surface area contributed by atoms with Gasteiger partial charge in [0.15, 0.2) is 0 Å². The first-order valence-corrected chi connectivity index (χ1v) is 15.9.